The van der Waals surface area contributed by atoms with Crippen LogP contribution in [0.1, 0.15) is 38.5 Å². The van der Waals surface area contributed by atoms with Crippen molar-refractivity contribution < 1.29 is 0 Å². The Balaban J connectivity index is 1.56. The maximum absolute atomic E-state index is 2.21. The Hall–Kier alpha value is 2.38. The number of hydrogen-bond donors (Lipinski definition) is 0. The molecule has 0 N–H and O–H groups in total. The molecular weight excluding hydrogens is 655 g/mol. The molecule has 4 rings (SSSR count). The van der Waals surface area contributed by atoms with Crippen molar-refractivity contribution in [1.29, 1.82) is 0 Å². The van der Waals surface area contributed by atoms with Gasteiger partial charge in [-0.3, -0.25) is 0 Å². The number of allylic oxidation sites excluding steroid dienone is 4. The van der Waals surface area contributed by atoms with E-state index in [9.17, 15) is 0 Å². The summed E-state index contributed by atoms with van der Waals surface area (Å²) in [6, 6.07) is 0. The Kier molecular flexibility index (Phi) is 3.83. The Morgan fingerprint density at radius 3 is 1.12 bits per heavy atom. The molecule has 16 heavy (non-hydrogen) atoms. The molecule has 0 amide bonds. The van der Waals surface area contributed by atoms with E-state index in [0.717, 1.165) is 0 Å². The van der Waals surface area contributed by atoms with Crippen molar-refractivity contribution in [2.24, 2.45) is 0 Å². The maximum atomic E-state index is 2.21. The summed E-state index contributed by atoms with van der Waals surface area (Å²) in [4.78, 5) is 0. The van der Waals surface area contributed by atoms with Gasteiger partial charge in [-0.2, -0.15) is 0 Å². The van der Waals surface area contributed by atoms with Crippen LogP contribution in [0.3, 0.4) is 0 Å². The number of rotatable bonds is 0. The van der Waals surface area contributed by atoms with Crippen molar-refractivity contribution in [3.8, 4) is 0 Å². The summed E-state index contributed by atoms with van der Waals surface area (Å²) in [5.41, 5.74) is 0. The first kappa shape index (κ1) is 12.1. The van der Waals surface area contributed by atoms with Gasteiger partial charge in [0.05, 0.1) is 0 Å². The van der Waals surface area contributed by atoms with Gasteiger partial charge in [0.15, 0.2) is 0 Å². The second-order valence-corrected chi connectivity index (χ2v) is 22.0. The van der Waals surface area contributed by atoms with E-state index in [2.05, 4.69) is 17.8 Å². The molecule has 0 spiro atoms. The van der Waals surface area contributed by atoms with Crippen LogP contribution >= 0.6 is 0 Å². The minimum absolute atomic E-state index is 0.267. The van der Waals surface area contributed by atoms with Gasteiger partial charge < -0.3 is 0 Å². The fourth-order valence-corrected chi connectivity index (χ4v) is 30.4. The van der Waals surface area contributed by atoms with Gasteiger partial charge in [-0.25, -0.2) is 0 Å². The average Bonchev–Trinajstić information content (AvgIpc) is 2.94. The van der Waals surface area contributed by atoms with Crippen molar-refractivity contribution in [2.75, 3.05) is 0 Å². The van der Waals surface area contributed by atoms with Crippen molar-refractivity contribution >= 4 is 83.7 Å². The summed E-state index contributed by atoms with van der Waals surface area (Å²) in [5.74, 6) is 0. The molecule has 0 bridgehead atoms. The summed E-state index contributed by atoms with van der Waals surface area (Å²) in [7, 11) is 0. The van der Waals surface area contributed by atoms with Crippen LogP contribution in [-0.4, -0.2) is 83.7 Å². The quantitative estimate of drug-likeness (QED) is 0.346. The van der Waals surface area contributed by atoms with E-state index in [4.69, 9.17) is 0 Å². The van der Waals surface area contributed by atoms with E-state index in [0.29, 0.717) is 0 Å². The van der Waals surface area contributed by atoms with Crippen molar-refractivity contribution in [3.63, 3.8) is 0 Å². The molecule has 2 aliphatic heterocycles. The zero-order valence-corrected chi connectivity index (χ0v) is 18.2. The predicted octanol–water partition coefficient (Wildman–Crippen LogP) is 1.75. The molecule has 2 aliphatic carbocycles. The normalized spacial score (nSPS) is 28.5. The van der Waals surface area contributed by atoms with Gasteiger partial charge in [0.1, 0.15) is 0 Å². The van der Waals surface area contributed by atoms with E-state index in [1.807, 2.05) is 0 Å². The molecule has 0 saturated carbocycles. The zero-order chi connectivity index (χ0) is 10.5. The molecule has 0 aromatic heterocycles. The molecule has 4 heteroatoms. The first-order valence-corrected chi connectivity index (χ1v) is 15.1. The molecule has 0 fully saturated rings. The van der Waals surface area contributed by atoms with Crippen LogP contribution in [0.2, 0.25) is 0 Å². The van der Waals surface area contributed by atoms with Gasteiger partial charge in [-0.15, -0.1) is 0 Å². The second kappa shape index (κ2) is 5.05. The van der Waals surface area contributed by atoms with Crippen molar-refractivity contribution in [3.05, 3.63) is 17.8 Å². The van der Waals surface area contributed by atoms with E-state index >= 15 is 0 Å². The third-order valence-electron chi connectivity index (χ3n) is 3.27. The van der Waals surface area contributed by atoms with E-state index in [-0.39, 0.29) is 83.7 Å². The Labute approximate surface area is 137 Å². The van der Waals surface area contributed by atoms with Gasteiger partial charge in [0.2, 0.25) is 0 Å². The summed E-state index contributed by atoms with van der Waals surface area (Å²) in [6.07, 6.45) is 9.21. The Bertz CT molecular complexity index is 378. The van der Waals surface area contributed by atoms with Gasteiger partial charge in [0.25, 0.3) is 0 Å². The molecule has 0 saturated heterocycles. The molecule has 0 radical (unpaired) electrons. The van der Waals surface area contributed by atoms with Crippen LogP contribution in [0.4, 0.5) is 0 Å². The van der Waals surface area contributed by atoms with Gasteiger partial charge >= 0.3 is 140 Å². The van der Waals surface area contributed by atoms with Crippen LogP contribution in [-0.2, 0) is 0 Å². The van der Waals surface area contributed by atoms with E-state index in [1.165, 1.54) is 38.5 Å². The summed E-state index contributed by atoms with van der Waals surface area (Å²) in [6.45, 7) is 0. The monoisotopic (exact) mass is 676 g/mol. The zero-order valence-electron chi connectivity index (χ0n) is 8.88. The van der Waals surface area contributed by atoms with Crippen LogP contribution in [0, 0.1) is 0 Å². The first-order chi connectivity index (χ1) is 7.90. The van der Waals surface area contributed by atoms with E-state index in [1.54, 1.807) is 0 Å². The number of hydrogen-bond acceptors (Lipinski definition) is 0. The van der Waals surface area contributed by atoms with Crippen molar-refractivity contribution in [2.45, 2.75) is 38.5 Å². The fourth-order valence-electron chi connectivity index (χ4n) is 2.46. The first-order valence-electron chi connectivity index (χ1n) is 5.80. The summed E-state index contributed by atoms with van der Waals surface area (Å²) >= 11 is 1.07. The Morgan fingerprint density at radius 1 is 0.500 bits per heavy atom. The fraction of sp³-hybridized carbons (Fsp3) is 0.500. The molecule has 2 heterocycles. The molecule has 0 unspecified atom stereocenters. The predicted molar refractivity (Wildman–Crippen MR) is 71.8 cm³/mol. The van der Waals surface area contributed by atoms with Gasteiger partial charge in [-0.05, 0) is 0 Å². The Morgan fingerprint density at radius 2 is 0.812 bits per heavy atom. The van der Waals surface area contributed by atoms with Gasteiger partial charge in [0, 0.05) is 0 Å². The molecule has 0 atom stereocenters. The van der Waals surface area contributed by atoms with E-state index < -0.39 is 0 Å². The van der Waals surface area contributed by atoms with Crippen molar-refractivity contribution in [1.82, 2.24) is 0 Å². The van der Waals surface area contributed by atoms with Crippen LogP contribution in [0.25, 0.3) is 0 Å². The molecule has 0 aromatic rings. The summed E-state index contributed by atoms with van der Waals surface area (Å²) < 4.78 is 12.6. The average molecular weight is 667 g/mol. The topological polar surface area (TPSA) is 0 Å². The molecular formula is C12H12Te4. The standard InChI is InChI=1S/C12H12Te4/c1-3-7-8(4-1)14-11(13-7)12-15-9-5-2-6-10(9)16-12/h1-6H2. The van der Waals surface area contributed by atoms with Gasteiger partial charge in [-0.1, -0.05) is 0 Å². The molecule has 0 nitrogen and oxygen atoms in total. The van der Waals surface area contributed by atoms with Crippen LogP contribution < -0.4 is 0 Å². The molecule has 0 aromatic carbocycles. The summed E-state index contributed by atoms with van der Waals surface area (Å²) in [5, 5.41) is 0. The minimum atomic E-state index is 0.267. The SMILES string of the molecule is C1CC2=C(C1)[Te]C(=C1[Te]C3=C(CCC3)[Te]1)[Te]2. The third-order valence-corrected chi connectivity index (χ3v) is 29.6. The third kappa shape index (κ3) is 2.16. The van der Waals surface area contributed by atoms with Crippen LogP contribution in [0.5, 0.6) is 0 Å². The molecule has 4 aliphatic rings. The van der Waals surface area contributed by atoms with Crippen LogP contribution in [0.15, 0.2) is 17.8 Å². The second-order valence-electron chi connectivity index (χ2n) is 4.38. The molecule has 84 valence electrons.